The van der Waals surface area contributed by atoms with E-state index in [9.17, 15) is 4.79 Å². The molecule has 6 nitrogen and oxygen atoms in total. The van der Waals surface area contributed by atoms with Crippen LogP contribution in [0.15, 0.2) is 66.7 Å². The van der Waals surface area contributed by atoms with E-state index in [2.05, 4.69) is 10.2 Å². The lowest BCUT2D eigenvalue weighted by Gasteiger charge is -2.34. The number of benzene rings is 2. The third-order valence-electron chi connectivity index (χ3n) is 4.84. The first-order valence-corrected chi connectivity index (χ1v) is 9.46. The number of nitrogens with one attached hydrogen (secondary N) is 1. The lowest BCUT2D eigenvalue weighted by atomic mass is 10.1. The second-order valence-electron chi connectivity index (χ2n) is 6.79. The summed E-state index contributed by atoms with van der Waals surface area (Å²) in [5.74, 6) is 1.55. The summed E-state index contributed by atoms with van der Waals surface area (Å²) >= 11 is 0. The number of aromatic nitrogens is 2. The number of hydrogen-bond acceptors (Lipinski definition) is 5. The van der Waals surface area contributed by atoms with Crippen LogP contribution in [-0.4, -0.2) is 47.0 Å². The zero-order chi connectivity index (χ0) is 19.3. The van der Waals surface area contributed by atoms with Gasteiger partial charge in [-0.3, -0.25) is 4.79 Å². The monoisotopic (exact) mass is 373 g/mol. The molecule has 0 spiro atoms. The normalized spacial score (nSPS) is 14.0. The maximum Gasteiger partial charge on any atom is 0.228 e. The van der Waals surface area contributed by atoms with Crippen LogP contribution in [0.25, 0.3) is 11.3 Å². The molecule has 1 aliphatic rings. The van der Waals surface area contributed by atoms with Crippen molar-refractivity contribution in [3.63, 3.8) is 0 Å². The zero-order valence-corrected chi connectivity index (χ0v) is 15.9. The molecule has 6 heteroatoms. The fraction of sp³-hybridized carbons (Fsp3) is 0.227. The van der Waals surface area contributed by atoms with Crippen LogP contribution in [0, 0.1) is 0 Å². The first-order valence-electron chi connectivity index (χ1n) is 9.46. The number of para-hydroxylation sites is 1. The first kappa shape index (κ1) is 18.0. The summed E-state index contributed by atoms with van der Waals surface area (Å²) in [5.41, 5.74) is 2.90. The topological polar surface area (TPSA) is 61.4 Å². The maximum atomic E-state index is 11.6. The van der Waals surface area contributed by atoms with Crippen molar-refractivity contribution < 1.29 is 4.79 Å². The minimum absolute atomic E-state index is 0.116. The largest absolute Gasteiger partial charge is 0.340 e. The van der Waals surface area contributed by atoms with E-state index in [1.165, 1.54) is 0 Å². The molecule has 1 saturated heterocycles. The zero-order valence-electron chi connectivity index (χ0n) is 15.9. The number of nitrogens with zero attached hydrogens (tertiary/aromatic N) is 4. The Labute approximate surface area is 164 Å². The number of carbonyl (C=O) groups is 1. The summed E-state index contributed by atoms with van der Waals surface area (Å²) in [4.78, 5) is 25.2. The van der Waals surface area contributed by atoms with Crippen molar-refractivity contribution in [2.75, 3.05) is 36.4 Å². The van der Waals surface area contributed by atoms with E-state index in [0.29, 0.717) is 19.0 Å². The van der Waals surface area contributed by atoms with Crippen molar-refractivity contribution in [2.24, 2.45) is 0 Å². The summed E-state index contributed by atoms with van der Waals surface area (Å²) in [5, 5.41) is 3.38. The lowest BCUT2D eigenvalue weighted by Crippen LogP contribution is -2.48. The third kappa shape index (κ3) is 4.11. The van der Waals surface area contributed by atoms with Crippen LogP contribution in [-0.2, 0) is 4.79 Å². The Morgan fingerprint density at radius 1 is 0.893 bits per heavy atom. The van der Waals surface area contributed by atoms with Crippen LogP contribution in [0.5, 0.6) is 0 Å². The number of amides is 1. The highest BCUT2D eigenvalue weighted by Gasteiger charge is 2.21. The fourth-order valence-corrected chi connectivity index (χ4v) is 3.29. The second kappa shape index (κ2) is 8.08. The Morgan fingerprint density at radius 3 is 2.18 bits per heavy atom. The minimum atomic E-state index is 0.116. The van der Waals surface area contributed by atoms with E-state index in [0.717, 1.165) is 35.9 Å². The van der Waals surface area contributed by atoms with Crippen LogP contribution in [0.4, 0.5) is 17.5 Å². The molecule has 0 unspecified atom stereocenters. The average Bonchev–Trinajstić information content (AvgIpc) is 2.75. The molecule has 0 bridgehead atoms. The molecule has 1 aliphatic heterocycles. The molecule has 4 rings (SSSR count). The van der Waals surface area contributed by atoms with Crippen LogP contribution in [0.3, 0.4) is 0 Å². The van der Waals surface area contributed by atoms with Crippen LogP contribution < -0.4 is 10.2 Å². The molecule has 0 atom stereocenters. The highest BCUT2D eigenvalue weighted by Crippen LogP contribution is 2.25. The van der Waals surface area contributed by atoms with E-state index in [1.54, 1.807) is 6.92 Å². The van der Waals surface area contributed by atoms with Crippen molar-refractivity contribution in [2.45, 2.75) is 6.92 Å². The smallest absolute Gasteiger partial charge is 0.228 e. The van der Waals surface area contributed by atoms with E-state index in [-0.39, 0.29) is 5.91 Å². The van der Waals surface area contributed by atoms with Gasteiger partial charge in [-0.05, 0) is 12.1 Å². The fourth-order valence-electron chi connectivity index (χ4n) is 3.29. The van der Waals surface area contributed by atoms with E-state index >= 15 is 0 Å². The standard InChI is InChI=1S/C22H23N5O/c1-17(28)26-12-14-27(15-13-26)22-24-20(18-8-4-2-5-9-18)16-21(25-22)23-19-10-6-3-7-11-19/h2-11,16H,12-15H2,1H3,(H,23,24,25). The van der Waals surface area contributed by atoms with Crippen molar-refractivity contribution in [3.05, 3.63) is 66.7 Å². The van der Waals surface area contributed by atoms with Gasteiger partial charge in [0.25, 0.3) is 0 Å². The Bertz CT molecular complexity index is 938. The summed E-state index contributed by atoms with van der Waals surface area (Å²) in [6.45, 7) is 4.45. The van der Waals surface area contributed by atoms with E-state index in [1.807, 2.05) is 71.6 Å². The second-order valence-corrected chi connectivity index (χ2v) is 6.79. The Morgan fingerprint density at radius 2 is 1.54 bits per heavy atom. The first-order chi connectivity index (χ1) is 13.7. The Balaban J connectivity index is 1.65. The summed E-state index contributed by atoms with van der Waals surface area (Å²) < 4.78 is 0. The number of carbonyl (C=O) groups excluding carboxylic acids is 1. The molecule has 1 N–H and O–H groups in total. The molecular formula is C22H23N5O. The van der Waals surface area contributed by atoms with Crippen LogP contribution in [0.2, 0.25) is 0 Å². The van der Waals surface area contributed by atoms with Gasteiger partial charge in [0.05, 0.1) is 5.69 Å². The molecule has 0 radical (unpaired) electrons. The van der Waals surface area contributed by atoms with Gasteiger partial charge in [-0.15, -0.1) is 0 Å². The number of piperazine rings is 1. The van der Waals surface area contributed by atoms with Gasteiger partial charge in [0.1, 0.15) is 5.82 Å². The van der Waals surface area contributed by atoms with Crippen molar-refractivity contribution in [1.82, 2.24) is 14.9 Å². The van der Waals surface area contributed by atoms with E-state index < -0.39 is 0 Å². The average molecular weight is 373 g/mol. The van der Waals surface area contributed by atoms with Gasteiger partial charge in [0.2, 0.25) is 11.9 Å². The van der Waals surface area contributed by atoms with Crippen molar-refractivity contribution >= 4 is 23.4 Å². The molecule has 2 heterocycles. The van der Waals surface area contributed by atoms with Crippen molar-refractivity contribution in [1.29, 1.82) is 0 Å². The molecule has 1 fully saturated rings. The van der Waals surface area contributed by atoms with E-state index in [4.69, 9.17) is 9.97 Å². The van der Waals surface area contributed by atoms with Crippen LogP contribution in [0.1, 0.15) is 6.92 Å². The maximum absolute atomic E-state index is 11.6. The van der Waals surface area contributed by atoms with Gasteiger partial charge in [-0.1, -0.05) is 48.5 Å². The van der Waals surface area contributed by atoms with Gasteiger partial charge in [-0.25, -0.2) is 4.98 Å². The molecule has 28 heavy (non-hydrogen) atoms. The lowest BCUT2D eigenvalue weighted by molar-refractivity contribution is -0.129. The van der Waals surface area contributed by atoms with Crippen LogP contribution >= 0.6 is 0 Å². The Kier molecular flexibility index (Phi) is 5.19. The molecular weight excluding hydrogens is 350 g/mol. The van der Waals surface area contributed by atoms with Crippen molar-refractivity contribution in [3.8, 4) is 11.3 Å². The molecule has 2 aromatic carbocycles. The predicted octanol–water partition coefficient (Wildman–Crippen LogP) is 3.56. The minimum Gasteiger partial charge on any atom is -0.340 e. The van der Waals surface area contributed by atoms with Gasteiger partial charge >= 0.3 is 0 Å². The summed E-state index contributed by atoms with van der Waals surface area (Å²) in [6.07, 6.45) is 0. The van der Waals surface area contributed by atoms with Gasteiger partial charge in [-0.2, -0.15) is 4.98 Å². The highest BCUT2D eigenvalue weighted by atomic mass is 16.2. The number of rotatable bonds is 4. The molecule has 1 amide bonds. The molecule has 3 aromatic rings. The Hall–Kier alpha value is -3.41. The van der Waals surface area contributed by atoms with Gasteiger partial charge in [0, 0.05) is 50.4 Å². The quantitative estimate of drug-likeness (QED) is 0.758. The highest BCUT2D eigenvalue weighted by molar-refractivity contribution is 5.73. The number of anilines is 3. The summed E-state index contributed by atoms with van der Waals surface area (Å²) in [7, 11) is 0. The summed E-state index contributed by atoms with van der Waals surface area (Å²) in [6, 6.07) is 22.1. The number of hydrogen-bond donors (Lipinski definition) is 1. The van der Waals surface area contributed by atoms with Gasteiger partial charge < -0.3 is 15.1 Å². The SMILES string of the molecule is CC(=O)N1CCN(c2nc(Nc3ccccc3)cc(-c3ccccc3)n2)CC1. The molecule has 0 saturated carbocycles. The third-order valence-corrected chi connectivity index (χ3v) is 4.84. The molecule has 1 aromatic heterocycles. The molecule has 142 valence electrons. The molecule has 0 aliphatic carbocycles. The predicted molar refractivity (Wildman–Crippen MR) is 112 cm³/mol. The van der Waals surface area contributed by atoms with Gasteiger partial charge in [0.15, 0.2) is 0 Å².